The number of fused-ring (bicyclic) bond motifs is 1. The predicted octanol–water partition coefficient (Wildman–Crippen LogP) is 1.54. The lowest BCUT2D eigenvalue weighted by atomic mass is 10.2. The number of hydrogen-bond acceptors (Lipinski definition) is 4. The zero-order chi connectivity index (χ0) is 12.3. The monoisotopic (exact) mass is 231 g/mol. The van der Waals surface area contributed by atoms with E-state index in [1.807, 2.05) is 25.2 Å². The number of rotatable bonds is 3. The number of aryl methyl sites for hydroxylation is 1. The highest BCUT2D eigenvalue weighted by molar-refractivity contribution is 5.88. The van der Waals surface area contributed by atoms with Gasteiger partial charge in [0, 0.05) is 13.1 Å². The lowest BCUT2D eigenvalue weighted by Crippen LogP contribution is -1.98. The summed E-state index contributed by atoms with van der Waals surface area (Å²) in [4.78, 5) is 11.1. The molecule has 88 valence electrons. The third-order valence-electron chi connectivity index (χ3n) is 2.33. The van der Waals surface area contributed by atoms with Gasteiger partial charge in [-0.2, -0.15) is 0 Å². The highest BCUT2D eigenvalue weighted by Gasteiger charge is 2.01. The number of aromatic nitrogens is 3. The molecule has 0 unspecified atom stereocenters. The molecule has 0 fully saturated rings. The number of ether oxygens (including phenoxy) is 1. The van der Waals surface area contributed by atoms with Crippen molar-refractivity contribution in [2.75, 3.05) is 6.61 Å². The Morgan fingerprint density at radius 2 is 2.35 bits per heavy atom. The maximum absolute atomic E-state index is 11.1. The third kappa shape index (κ3) is 2.50. The molecule has 1 heterocycles. The topological polar surface area (TPSA) is 57.0 Å². The first-order chi connectivity index (χ1) is 8.20. The van der Waals surface area contributed by atoms with Crippen LogP contribution in [0.1, 0.15) is 12.5 Å². The minimum absolute atomic E-state index is 0.341. The Labute approximate surface area is 98.7 Å². The van der Waals surface area contributed by atoms with Crippen LogP contribution in [0.4, 0.5) is 0 Å². The van der Waals surface area contributed by atoms with Crippen molar-refractivity contribution < 1.29 is 9.53 Å². The van der Waals surface area contributed by atoms with Gasteiger partial charge in [-0.1, -0.05) is 11.3 Å². The number of carbonyl (C=O) groups is 1. The molecule has 2 rings (SSSR count). The quantitative estimate of drug-likeness (QED) is 0.594. The fourth-order valence-corrected chi connectivity index (χ4v) is 1.52. The molecule has 1 aromatic carbocycles. The van der Waals surface area contributed by atoms with Crippen molar-refractivity contribution in [1.82, 2.24) is 15.0 Å². The summed E-state index contributed by atoms with van der Waals surface area (Å²) in [5.74, 6) is -0.341. The first-order valence-corrected chi connectivity index (χ1v) is 5.35. The molecule has 0 radical (unpaired) electrons. The van der Waals surface area contributed by atoms with E-state index in [0.717, 1.165) is 16.6 Å². The van der Waals surface area contributed by atoms with Crippen LogP contribution in [0.2, 0.25) is 0 Å². The van der Waals surface area contributed by atoms with E-state index in [0.29, 0.717) is 6.61 Å². The number of benzene rings is 1. The van der Waals surface area contributed by atoms with Crippen LogP contribution in [0.3, 0.4) is 0 Å². The molecule has 0 atom stereocenters. The van der Waals surface area contributed by atoms with Gasteiger partial charge in [0.1, 0.15) is 5.52 Å². The van der Waals surface area contributed by atoms with Gasteiger partial charge in [-0.05, 0) is 30.7 Å². The number of esters is 1. The molecule has 0 saturated heterocycles. The van der Waals surface area contributed by atoms with E-state index >= 15 is 0 Å². The second-order valence-corrected chi connectivity index (χ2v) is 3.55. The average molecular weight is 231 g/mol. The van der Waals surface area contributed by atoms with E-state index in [-0.39, 0.29) is 5.97 Å². The van der Waals surface area contributed by atoms with Crippen LogP contribution in [-0.2, 0) is 16.6 Å². The zero-order valence-corrected chi connectivity index (χ0v) is 9.75. The van der Waals surface area contributed by atoms with E-state index in [9.17, 15) is 4.79 Å². The second-order valence-electron chi connectivity index (χ2n) is 3.55. The summed E-state index contributed by atoms with van der Waals surface area (Å²) in [6.45, 7) is 2.16. The van der Waals surface area contributed by atoms with Gasteiger partial charge in [-0.3, -0.25) is 0 Å². The minimum Gasteiger partial charge on any atom is -0.463 e. The lowest BCUT2D eigenvalue weighted by molar-refractivity contribution is -0.137. The fourth-order valence-electron chi connectivity index (χ4n) is 1.52. The molecule has 0 aliphatic rings. The standard InChI is InChI=1S/C12H13N3O2/c1-3-17-12(16)7-5-9-4-6-11-10(8-9)13-14-15(11)2/h4-8H,3H2,1-2H3/b7-5+. The molecule has 0 aliphatic carbocycles. The van der Waals surface area contributed by atoms with Crippen molar-refractivity contribution in [2.24, 2.45) is 7.05 Å². The van der Waals surface area contributed by atoms with E-state index in [2.05, 4.69) is 10.3 Å². The highest BCUT2D eigenvalue weighted by atomic mass is 16.5. The Kier molecular flexibility index (Phi) is 3.18. The molecule has 0 bridgehead atoms. The summed E-state index contributed by atoms with van der Waals surface area (Å²) < 4.78 is 6.50. The Bertz CT molecular complexity index is 572. The summed E-state index contributed by atoms with van der Waals surface area (Å²) >= 11 is 0. The van der Waals surface area contributed by atoms with Crippen molar-refractivity contribution in [3.63, 3.8) is 0 Å². The van der Waals surface area contributed by atoms with Crippen LogP contribution in [0.5, 0.6) is 0 Å². The summed E-state index contributed by atoms with van der Waals surface area (Å²) in [6.07, 6.45) is 3.10. The van der Waals surface area contributed by atoms with E-state index in [1.165, 1.54) is 6.08 Å². The van der Waals surface area contributed by atoms with Gasteiger partial charge in [0.25, 0.3) is 0 Å². The van der Waals surface area contributed by atoms with Gasteiger partial charge in [0.15, 0.2) is 0 Å². The molecule has 0 aliphatic heterocycles. The van der Waals surface area contributed by atoms with Crippen molar-refractivity contribution >= 4 is 23.1 Å². The summed E-state index contributed by atoms with van der Waals surface area (Å²) in [5, 5.41) is 7.92. The zero-order valence-electron chi connectivity index (χ0n) is 9.75. The predicted molar refractivity (Wildman–Crippen MR) is 64.2 cm³/mol. The molecule has 17 heavy (non-hydrogen) atoms. The fraction of sp³-hybridized carbons (Fsp3) is 0.250. The maximum atomic E-state index is 11.1. The summed E-state index contributed by atoms with van der Waals surface area (Å²) in [7, 11) is 1.84. The number of carbonyl (C=O) groups excluding carboxylic acids is 1. The largest absolute Gasteiger partial charge is 0.463 e. The van der Waals surface area contributed by atoms with Crippen LogP contribution in [0.25, 0.3) is 17.1 Å². The normalized spacial score (nSPS) is 11.2. The molecule has 0 spiro atoms. The van der Waals surface area contributed by atoms with Gasteiger partial charge in [-0.25, -0.2) is 9.48 Å². The Balaban J connectivity index is 2.22. The van der Waals surface area contributed by atoms with Crippen molar-refractivity contribution in [2.45, 2.75) is 6.92 Å². The Morgan fingerprint density at radius 3 is 3.12 bits per heavy atom. The summed E-state index contributed by atoms with van der Waals surface area (Å²) in [6, 6.07) is 5.69. The Hall–Kier alpha value is -2.17. The van der Waals surface area contributed by atoms with Crippen molar-refractivity contribution in [3.8, 4) is 0 Å². The van der Waals surface area contributed by atoms with Crippen molar-refractivity contribution in [1.29, 1.82) is 0 Å². The lowest BCUT2D eigenvalue weighted by Gasteiger charge is -1.96. The molecule has 0 amide bonds. The van der Waals surface area contributed by atoms with Crippen LogP contribution in [0, 0.1) is 0 Å². The first-order valence-electron chi connectivity index (χ1n) is 5.35. The van der Waals surface area contributed by atoms with E-state index in [4.69, 9.17) is 4.74 Å². The smallest absolute Gasteiger partial charge is 0.330 e. The first kappa shape index (κ1) is 11.3. The molecular weight excluding hydrogens is 218 g/mol. The van der Waals surface area contributed by atoms with E-state index < -0.39 is 0 Å². The van der Waals surface area contributed by atoms with Crippen molar-refractivity contribution in [3.05, 3.63) is 29.8 Å². The second kappa shape index (κ2) is 4.78. The SMILES string of the molecule is CCOC(=O)/C=C/c1ccc2c(c1)nnn2C. The number of hydrogen-bond donors (Lipinski definition) is 0. The van der Waals surface area contributed by atoms with Crippen LogP contribution in [0.15, 0.2) is 24.3 Å². The average Bonchev–Trinajstić information content (AvgIpc) is 2.69. The van der Waals surface area contributed by atoms with Gasteiger partial charge < -0.3 is 4.74 Å². The number of nitrogens with zero attached hydrogens (tertiary/aromatic N) is 3. The maximum Gasteiger partial charge on any atom is 0.330 e. The minimum atomic E-state index is -0.341. The van der Waals surface area contributed by atoms with Gasteiger partial charge in [0.05, 0.1) is 12.1 Å². The molecule has 0 saturated carbocycles. The third-order valence-corrected chi connectivity index (χ3v) is 2.33. The van der Waals surface area contributed by atoms with Crippen LogP contribution >= 0.6 is 0 Å². The molecule has 2 aromatic rings. The van der Waals surface area contributed by atoms with E-state index in [1.54, 1.807) is 17.7 Å². The van der Waals surface area contributed by atoms with Gasteiger partial charge >= 0.3 is 5.97 Å². The summed E-state index contributed by atoms with van der Waals surface area (Å²) in [5.41, 5.74) is 2.66. The molecular formula is C12H13N3O2. The van der Waals surface area contributed by atoms with Crippen LogP contribution in [-0.4, -0.2) is 27.6 Å². The highest BCUT2D eigenvalue weighted by Crippen LogP contribution is 2.13. The Morgan fingerprint density at radius 1 is 1.53 bits per heavy atom. The molecule has 5 heteroatoms. The molecule has 5 nitrogen and oxygen atoms in total. The molecule has 0 N–H and O–H groups in total. The molecule has 1 aromatic heterocycles. The van der Waals surface area contributed by atoms with Gasteiger partial charge in [0.2, 0.25) is 0 Å². The van der Waals surface area contributed by atoms with Gasteiger partial charge in [-0.15, -0.1) is 5.10 Å². The van der Waals surface area contributed by atoms with Crippen LogP contribution < -0.4 is 0 Å².